The fraction of sp³-hybridized carbons (Fsp3) is 0.450. The Morgan fingerprint density at radius 1 is 1.24 bits per heavy atom. The molecule has 1 saturated carbocycles. The molecule has 152 valence electrons. The molecule has 0 aliphatic heterocycles. The number of anilines is 1. The zero-order chi connectivity index (χ0) is 20.2. The SMILES string of the molecule is CO[C@@H]1CC[C@H](C(=O)NCc2nonc2C)C[C@H]1Nc1cnc2ccccc2n1. The first kappa shape index (κ1) is 19.3. The van der Waals surface area contributed by atoms with Gasteiger partial charge in [-0.2, -0.15) is 0 Å². The van der Waals surface area contributed by atoms with Crippen LogP contribution in [0, 0.1) is 12.8 Å². The third kappa shape index (κ3) is 4.34. The Morgan fingerprint density at radius 2 is 2.07 bits per heavy atom. The van der Waals surface area contributed by atoms with Gasteiger partial charge in [-0.1, -0.05) is 22.4 Å². The van der Waals surface area contributed by atoms with Crippen LogP contribution in [0.15, 0.2) is 35.1 Å². The first-order valence-electron chi connectivity index (χ1n) is 9.71. The van der Waals surface area contributed by atoms with Crippen molar-refractivity contribution < 1.29 is 14.2 Å². The molecule has 29 heavy (non-hydrogen) atoms. The van der Waals surface area contributed by atoms with E-state index in [1.165, 1.54) is 0 Å². The van der Waals surface area contributed by atoms with Crippen LogP contribution in [0.2, 0.25) is 0 Å². The van der Waals surface area contributed by atoms with E-state index in [9.17, 15) is 4.79 Å². The molecule has 2 aromatic heterocycles. The average Bonchev–Trinajstić information content (AvgIpc) is 3.16. The number of aromatic nitrogens is 4. The number of para-hydroxylation sites is 2. The van der Waals surface area contributed by atoms with Gasteiger partial charge < -0.3 is 15.4 Å². The summed E-state index contributed by atoms with van der Waals surface area (Å²) in [5, 5.41) is 13.9. The summed E-state index contributed by atoms with van der Waals surface area (Å²) in [4.78, 5) is 21.8. The summed E-state index contributed by atoms with van der Waals surface area (Å²) in [6.45, 7) is 2.11. The minimum atomic E-state index is -0.118. The van der Waals surface area contributed by atoms with E-state index in [2.05, 4.69) is 35.5 Å². The number of hydrogen-bond acceptors (Lipinski definition) is 8. The molecular weight excluding hydrogens is 372 g/mol. The number of aryl methyl sites for hydroxylation is 1. The van der Waals surface area contributed by atoms with Gasteiger partial charge in [0, 0.05) is 13.0 Å². The maximum atomic E-state index is 12.7. The maximum Gasteiger partial charge on any atom is 0.223 e. The Bertz CT molecular complexity index is 991. The number of carbonyl (C=O) groups excluding carboxylic acids is 1. The lowest BCUT2D eigenvalue weighted by atomic mass is 9.83. The van der Waals surface area contributed by atoms with E-state index >= 15 is 0 Å². The lowest BCUT2D eigenvalue weighted by molar-refractivity contribution is -0.127. The molecule has 1 aliphatic carbocycles. The van der Waals surface area contributed by atoms with Gasteiger partial charge in [-0.05, 0) is 38.3 Å². The number of fused-ring (bicyclic) bond motifs is 1. The van der Waals surface area contributed by atoms with Crippen molar-refractivity contribution in [2.24, 2.45) is 5.92 Å². The summed E-state index contributed by atoms with van der Waals surface area (Å²) < 4.78 is 10.3. The summed E-state index contributed by atoms with van der Waals surface area (Å²) in [6, 6.07) is 7.70. The van der Waals surface area contributed by atoms with E-state index in [1.54, 1.807) is 20.2 Å². The number of ether oxygens (including phenoxy) is 1. The second kappa shape index (κ2) is 8.52. The van der Waals surface area contributed by atoms with E-state index in [0.29, 0.717) is 30.2 Å². The molecule has 4 rings (SSSR count). The van der Waals surface area contributed by atoms with Gasteiger partial charge in [0.15, 0.2) is 0 Å². The summed E-state index contributed by atoms with van der Waals surface area (Å²) in [7, 11) is 1.70. The Hall–Kier alpha value is -3.07. The Balaban J connectivity index is 1.42. The number of carbonyl (C=O) groups is 1. The van der Waals surface area contributed by atoms with Crippen molar-refractivity contribution in [1.29, 1.82) is 0 Å². The lowest BCUT2D eigenvalue weighted by Crippen LogP contribution is -2.45. The molecule has 2 N–H and O–H groups in total. The third-order valence-electron chi connectivity index (χ3n) is 5.42. The van der Waals surface area contributed by atoms with Crippen molar-refractivity contribution in [1.82, 2.24) is 25.6 Å². The molecule has 0 spiro atoms. The molecule has 1 aliphatic rings. The van der Waals surface area contributed by atoms with Gasteiger partial charge in [0.2, 0.25) is 5.91 Å². The van der Waals surface area contributed by atoms with Crippen molar-refractivity contribution in [3.8, 4) is 0 Å². The second-order valence-corrected chi connectivity index (χ2v) is 7.29. The van der Waals surface area contributed by atoms with Gasteiger partial charge in [0.1, 0.15) is 17.2 Å². The van der Waals surface area contributed by atoms with E-state index in [4.69, 9.17) is 4.74 Å². The zero-order valence-corrected chi connectivity index (χ0v) is 16.5. The van der Waals surface area contributed by atoms with Gasteiger partial charge in [-0.3, -0.25) is 9.78 Å². The van der Waals surface area contributed by atoms with Crippen LogP contribution in [0.4, 0.5) is 5.82 Å². The fourth-order valence-corrected chi connectivity index (χ4v) is 3.76. The number of methoxy groups -OCH3 is 1. The molecule has 1 amide bonds. The van der Waals surface area contributed by atoms with Crippen LogP contribution in [0.25, 0.3) is 11.0 Å². The Morgan fingerprint density at radius 3 is 2.83 bits per heavy atom. The highest BCUT2D eigenvalue weighted by molar-refractivity contribution is 5.79. The largest absolute Gasteiger partial charge is 0.379 e. The molecular formula is C20H24N6O3. The van der Waals surface area contributed by atoms with Crippen LogP contribution in [-0.4, -0.2) is 45.4 Å². The minimum Gasteiger partial charge on any atom is -0.379 e. The highest BCUT2D eigenvalue weighted by atomic mass is 16.6. The molecule has 9 heteroatoms. The third-order valence-corrected chi connectivity index (χ3v) is 5.42. The van der Waals surface area contributed by atoms with Crippen molar-refractivity contribution in [2.75, 3.05) is 12.4 Å². The molecule has 0 radical (unpaired) electrons. The molecule has 9 nitrogen and oxygen atoms in total. The predicted molar refractivity (Wildman–Crippen MR) is 106 cm³/mol. The molecule has 3 atom stereocenters. The quantitative estimate of drug-likeness (QED) is 0.652. The monoisotopic (exact) mass is 396 g/mol. The Kier molecular flexibility index (Phi) is 5.66. The molecule has 1 aromatic carbocycles. The number of rotatable bonds is 6. The normalized spacial score (nSPS) is 21.8. The van der Waals surface area contributed by atoms with Crippen molar-refractivity contribution in [3.63, 3.8) is 0 Å². The van der Waals surface area contributed by atoms with Crippen LogP contribution in [-0.2, 0) is 16.1 Å². The highest BCUT2D eigenvalue weighted by Gasteiger charge is 2.34. The number of hydrogen-bond donors (Lipinski definition) is 2. The van der Waals surface area contributed by atoms with Gasteiger partial charge in [0.05, 0.1) is 35.9 Å². The standard InChI is InChI=1S/C20H24N6O3/c1-12-17(26-29-25-12)10-22-20(27)13-7-8-18(28-2)16(9-13)24-19-11-21-14-5-3-4-6-15(14)23-19/h3-6,11,13,16,18H,7-10H2,1-2H3,(H,22,27)(H,23,24)/t13-,16+,18+/m0/s1. The first-order valence-corrected chi connectivity index (χ1v) is 9.71. The molecule has 1 fully saturated rings. The van der Waals surface area contributed by atoms with Crippen molar-refractivity contribution >= 4 is 22.8 Å². The molecule has 0 unspecified atom stereocenters. The van der Waals surface area contributed by atoms with Crippen molar-refractivity contribution in [2.45, 2.75) is 44.9 Å². The summed E-state index contributed by atoms with van der Waals surface area (Å²) in [5.41, 5.74) is 3.00. The predicted octanol–water partition coefficient (Wildman–Crippen LogP) is 2.23. The summed E-state index contributed by atoms with van der Waals surface area (Å²) in [5.74, 6) is 0.562. The van der Waals surface area contributed by atoms with Crippen LogP contribution in [0.1, 0.15) is 30.7 Å². The smallest absolute Gasteiger partial charge is 0.223 e. The Labute approximate surface area is 168 Å². The topological polar surface area (TPSA) is 115 Å². The van der Waals surface area contributed by atoms with Gasteiger partial charge in [0.25, 0.3) is 0 Å². The molecule has 0 bridgehead atoms. The summed E-state index contributed by atoms with van der Waals surface area (Å²) >= 11 is 0. The summed E-state index contributed by atoms with van der Waals surface area (Å²) in [6.07, 6.45) is 3.93. The van der Waals surface area contributed by atoms with E-state index < -0.39 is 0 Å². The second-order valence-electron chi connectivity index (χ2n) is 7.29. The first-order chi connectivity index (χ1) is 14.1. The van der Waals surface area contributed by atoms with Gasteiger partial charge in [-0.15, -0.1) is 0 Å². The fourth-order valence-electron chi connectivity index (χ4n) is 3.76. The molecule has 3 aromatic rings. The van der Waals surface area contributed by atoms with Crippen LogP contribution in [0.3, 0.4) is 0 Å². The van der Waals surface area contributed by atoms with Crippen LogP contribution < -0.4 is 10.6 Å². The number of benzene rings is 1. The van der Waals surface area contributed by atoms with Gasteiger partial charge >= 0.3 is 0 Å². The highest BCUT2D eigenvalue weighted by Crippen LogP contribution is 2.29. The van der Waals surface area contributed by atoms with Crippen LogP contribution >= 0.6 is 0 Å². The van der Waals surface area contributed by atoms with E-state index in [-0.39, 0.29) is 24.0 Å². The lowest BCUT2D eigenvalue weighted by Gasteiger charge is -2.35. The number of nitrogens with one attached hydrogen (secondary N) is 2. The zero-order valence-electron chi connectivity index (χ0n) is 16.5. The minimum absolute atomic E-state index is 0.00153. The average molecular weight is 396 g/mol. The van der Waals surface area contributed by atoms with Crippen LogP contribution in [0.5, 0.6) is 0 Å². The maximum absolute atomic E-state index is 12.7. The van der Waals surface area contributed by atoms with E-state index in [1.807, 2.05) is 24.3 Å². The van der Waals surface area contributed by atoms with E-state index in [0.717, 1.165) is 23.9 Å². The van der Waals surface area contributed by atoms with Crippen molar-refractivity contribution in [3.05, 3.63) is 41.9 Å². The number of nitrogens with zero attached hydrogens (tertiary/aromatic N) is 4. The molecule has 0 saturated heterocycles. The van der Waals surface area contributed by atoms with Gasteiger partial charge in [-0.25, -0.2) is 9.61 Å². The number of amides is 1. The molecule has 2 heterocycles.